The highest BCUT2D eigenvalue weighted by Crippen LogP contribution is 2.09. The van der Waals surface area contributed by atoms with Crippen molar-refractivity contribution in [1.82, 2.24) is 21.3 Å². The molecule has 0 aromatic rings. The predicted octanol–water partition coefficient (Wildman–Crippen LogP) is -3.69. The molecule has 46 heavy (non-hydrogen) atoms. The van der Waals surface area contributed by atoms with Gasteiger partial charge in [-0.1, -0.05) is 13.8 Å². The van der Waals surface area contributed by atoms with Gasteiger partial charge in [-0.3, -0.25) is 33.8 Å². The number of hydrogen-bond acceptors (Lipinski definition) is 10. The number of nitrogens with one attached hydrogen (secondary N) is 4. The third-order valence-electron chi connectivity index (χ3n) is 6.53. The van der Waals surface area contributed by atoms with E-state index in [1.54, 1.807) is 13.8 Å². The van der Waals surface area contributed by atoms with Gasteiger partial charge in [0.05, 0.1) is 12.5 Å². The van der Waals surface area contributed by atoms with Crippen LogP contribution in [0.1, 0.15) is 71.6 Å². The number of carboxylic acid groups (broad SMARTS) is 2. The van der Waals surface area contributed by atoms with Crippen LogP contribution in [0.2, 0.25) is 0 Å². The number of amides is 5. The number of rotatable bonds is 24. The van der Waals surface area contributed by atoms with E-state index in [1.807, 2.05) is 0 Å². The highest BCUT2D eigenvalue weighted by Gasteiger charge is 2.32. The molecule has 0 aromatic heterocycles. The molecule has 16 N–H and O–H groups in total. The number of nitrogens with two attached hydrogens (primary N) is 5. The molecule has 5 atom stereocenters. The first kappa shape index (κ1) is 41.5. The Balaban J connectivity index is 5.91. The molecule has 0 heterocycles. The zero-order valence-corrected chi connectivity index (χ0v) is 26.3. The largest absolute Gasteiger partial charge is 0.481 e. The summed E-state index contributed by atoms with van der Waals surface area (Å²) in [6, 6.07) is -6.80. The number of aliphatic carboxylic acids is 2. The summed E-state index contributed by atoms with van der Waals surface area (Å²) < 4.78 is 0. The van der Waals surface area contributed by atoms with E-state index in [4.69, 9.17) is 28.7 Å². The molecule has 0 aromatic carbocycles. The lowest BCUT2D eigenvalue weighted by Crippen LogP contribution is -2.58. The molecule has 19 nitrogen and oxygen atoms in total. The van der Waals surface area contributed by atoms with Crippen LogP contribution in [-0.2, 0) is 33.6 Å². The Kier molecular flexibility index (Phi) is 19.9. The Labute approximate surface area is 267 Å². The highest BCUT2D eigenvalue weighted by atomic mass is 16.4. The number of hydrogen-bond donors (Lipinski definition) is 11. The Morgan fingerprint density at radius 1 is 0.696 bits per heavy atom. The Hall–Kier alpha value is -4.52. The van der Waals surface area contributed by atoms with Gasteiger partial charge in [0.2, 0.25) is 29.5 Å². The van der Waals surface area contributed by atoms with Crippen LogP contribution in [0.3, 0.4) is 0 Å². The number of guanidine groups is 1. The molecular formula is C27H50N10O9. The molecule has 19 heteroatoms. The maximum atomic E-state index is 13.4. The van der Waals surface area contributed by atoms with E-state index in [0.717, 1.165) is 0 Å². The van der Waals surface area contributed by atoms with E-state index in [2.05, 4.69) is 26.3 Å². The molecule has 0 aliphatic carbocycles. The fourth-order valence-corrected chi connectivity index (χ4v) is 4.14. The van der Waals surface area contributed by atoms with Gasteiger partial charge in [-0.2, -0.15) is 0 Å². The second-order valence-electron chi connectivity index (χ2n) is 11.2. The molecule has 0 spiro atoms. The summed E-state index contributed by atoms with van der Waals surface area (Å²) in [5.41, 5.74) is 27.1. The standard InChI is InChI=1S/C27H50N10O9/c1-14(2)12-19(26(45)46)37-23(42)16(7-3-4-10-28)34-24(43)17(8-9-20(30)38)35-25(44)18(13-21(39)40)36-22(41)15(29)6-5-11-33-27(31)32/h14-19H,3-13,28-29H2,1-2H3,(H2,30,38)(H,34,43)(H,35,44)(H,36,41)(H,37,42)(H,39,40)(H,45,46)(H4,31,32,33). The summed E-state index contributed by atoms with van der Waals surface area (Å²) in [6.45, 7) is 4.02. The van der Waals surface area contributed by atoms with Crippen molar-refractivity contribution in [2.24, 2.45) is 39.6 Å². The zero-order valence-electron chi connectivity index (χ0n) is 26.3. The van der Waals surface area contributed by atoms with E-state index in [1.165, 1.54) is 0 Å². The number of unbranched alkanes of at least 4 members (excludes halogenated alkanes) is 1. The third kappa shape index (κ3) is 18.3. The molecule has 5 unspecified atom stereocenters. The second-order valence-corrected chi connectivity index (χ2v) is 11.2. The van der Waals surface area contributed by atoms with Crippen molar-refractivity contribution in [2.75, 3.05) is 13.1 Å². The molecule has 0 aliphatic rings. The van der Waals surface area contributed by atoms with Gasteiger partial charge in [0, 0.05) is 13.0 Å². The van der Waals surface area contributed by atoms with Gasteiger partial charge in [-0.05, 0) is 57.4 Å². The van der Waals surface area contributed by atoms with Crippen LogP contribution in [0.25, 0.3) is 0 Å². The van der Waals surface area contributed by atoms with E-state index < -0.39 is 78.1 Å². The quantitative estimate of drug-likeness (QED) is 0.0270. The molecule has 0 bridgehead atoms. The monoisotopic (exact) mass is 658 g/mol. The number of carboxylic acids is 2. The Morgan fingerprint density at radius 3 is 1.70 bits per heavy atom. The first-order valence-corrected chi connectivity index (χ1v) is 14.9. The summed E-state index contributed by atoms with van der Waals surface area (Å²) in [5, 5.41) is 28.3. The van der Waals surface area contributed by atoms with E-state index in [-0.39, 0.29) is 50.5 Å². The molecule has 262 valence electrons. The van der Waals surface area contributed by atoms with Gasteiger partial charge in [-0.25, -0.2) is 4.79 Å². The maximum Gasteiger partial charge on any atom is 0.326 e. The number of aliphatic imine (C=N–C) groups is 1. The molecule has 0 radical (unpaired) electrons. The van der Waals surface area contributed by atoms with Crippen LogP contribution in [0.5, 0.6) is 0 Å². The van der Waals surface area contributed by atoms with Crippen LogP contribution in [0, 0.1) is 5.92 Å². The van der Waals surface area contributed by atoms with Crippen molar-refractivity contribution >= 4 is 47.4 Å². The van der Waals surface area contributed by atoms with Gasteiger partial charge in [-0.15, -0.1) is 0 Å². The number of primary amides is 1. The van der Waals surface area contributed by atoms with E-state index in [9.17, 15) is 43.8 Å². The first-order chi connectivity index (χ1) is 21.5. The van der Waals surface area contributed by atoms with Crippen molar-refractivity contribution in [3.8, 4) is 0 Å². The van der Waals surface area contributed by atoms with Gasteiger partial charge < -0.3 is 60.1 Å². The lowest BCUT2D eigenvalue weighted by molar-refractivity contribution is -0.142. The molecular weight excluding hydrogens is 608 g/mol. The fourth-order valence-electron chi connectivity index (χ4n) is 4.14. The molecule has 0 rings (SSSR count). The van der Waals surface area contributed by atoms with Gasteiger partial charge in [0.1, 0.15) is 24.2 Å². The molecule has 0 aliphatic heterocycles. The van der Waals surface area contributed by atoms with Gasteiger partial charge in [0.15, 0.2) is 5.96 Å². The molecule has 5 amide bonds. The minimum atomic E-state index is -1.67. The van der Waals surface area contributed by atoms with Crippen molar-refractivity contribution in [1.29, 1.82) is 0 Å². The van der Waals surface area contributed by atoms with Crippen LogP contribution < -0.4 is 49.9 Å². The highest BCUT2D eigenvalue weighted by molar-refractivity contribution is 5.96. The minimum absolute atomic E-state index is 0.0675. The van der Waals surface area contributed by atoms with Crippen LogP contribution >= 0.6 is 0 Å². The topological polar surface area (TPSA) is 351 Å². The summed E-state index contributed by atoms with van der Waals surface area (Å²) >= 11 is 0. The smallest absolute Gasteiger partial charge is 0.326 e. The molecule has 0 saturated carbocycles. The number of nitrogens with zero attached hydrogens (tertiary/aromatic N) is 1. The zero-order chi connectivity index (χ0) is 35.4. The fraction of sp³-hybridized carbons (Fsp3) is 0.704. The van der Waals surface area contributed by atoms with Gasteiger partial charge >= 0.3 is 11.9 Å². The lowest BCUT2D eigenvalue weighted by atomic mass is 10.0. The summed E-state index contributed by atoms with van der Waals surface area (Å²) in [6.07, 6.45) is -0.127. The summed E-state index contributed by atoms with van der Waals surface area (Å²) in [5.74, 6) is -7.41. The first-order valence-electron chi connectivity index (χ1n) is 14.9. The number of carbonyl (C=O) groups excluding carboxylic acids is 5. The normalized spacial score (nSPS) is 14.1. The third-order valence-corrected chi connectivity index (χ3v) is 6.53. The summed E-state index contributed by atoms with van der Waals surface area (Å²) in [7, 11) is 0. The average Bonchev–Trinajstić information content (AvgIpc) is 2.95. The minimum Gasteiger partial charge on any atom is -0.481 e. The summed E-state index contributed by atoms with van der Waals surface area (Å²) in [4.78, 5) is 90.7. The van der Waals surface area contributed by atoms with Crippen LogP contribution in [0.4, 0.5) is 0 Å². The van der Waals surface area contributed by atoms with Crippen LogP contribution in [0.15, 0.2) is 4.99 Å². The van der Waals surface area contributed by atoms with E-state index >= 15 is 0 Å². The van der Waals surface area contributed by atoms with E-state index in [0.29, 0.717) is 25.8 Å². The van der Waals surface area contributed by atoms with Crippen LogP contribution in [-0.4, -0.2) is 101 Å². The average molecular weight is 659 g/mol. The maximum absolute atomic E-state index is 13.4. The van der Waals surface area contributed by atoms with Crippen molar-refractivity contribution in [3.05, 3.63) is 0 Å². The molecule has 0 fully saturated rings. The van der Waals surface area contributed by atoms with Gasteiger partial charge in [0.25, 0.3) is 0 Å². The SMILES string of the molecule is CC(C)CC(NC(=O)C(CCCCN)NC(=O)C(CCC(N)=O)NC(=O)C(CC(=O)O)NC(=O)C(N)CCCN=C(N)N)C(=O)O. The van der Waals surface area contributed by atoms with Crippen molar-refractivity contribution < 1.29 is 43.8 Å². The number of carbonyl (C=O) groups is 7. The second kappa shape index (κ2) is 22.1. The van der Waals surface area contributed by atoms with Crippen molar-refractivity contribution in [2.45, 2.75) is 102 Å². The van der Waals surface area contributed by atoms with Crippen molar-refractivity contribution in [3.63, 3.8) is 0 Å². The Morgan fingerprint density at radius 2 is 1.22 bits per heavy atom. The molecule has 0 saturated heterocycles. The predicted molar refractivity (Wildman–Crippen MR) is 166 cm³/mol. The Bertz CT molecular complexity index is 1080. The lowest BCUT2D eigenvalue weighted by Gasteiger charge is -2.26.